The highest BCUT2D eigenvalue weighted by atomic mass is 35.5. The molecular weight excluding hydrogens is 352 g/mol. The number of Topliss-reactive ketones (excluding diaryl/α,β-unsaturated/α-hetero) is 1. The van der Waals surface area contributed by atoms with Crippen LogP contribution in [0.2, 0.25) is 5.02 Å². The molecule has 1 aromatic heterocycles. The Morgan fingerprint density at radius 1 is 1.19 bits per heavy atom. The lowest BCUT2D eigenvalue weighted by Crippen LogP contribution is -2.31. The molecule has 0 aliphatic carbocycles. The molecule has 2 heterocycles. The zero-order chi connectivity index (χ0) is 18.7. The molecule has 0 spiro atoms. The maximum absolute atomic E-state index is 12.7. The molecule has 1 atom stereocenters. The normalized spacial score (nSPS) is 19.2. The number of carbonyl (C=O) groups excluding carboxylic acids is 2. The van der Waals surface area contributed by atoms with Crippen LogP contribution in [-0.4, -0.2) is 33.2 Å². The van der Waals surface area contributed by atoms with Gasteiger partial charge in [0.1, 0.15) is 11.8 Å². The van der Waals surface area contributed by atoms with Gasteiger partial charge in [0.2, 0.25) is 0 Å². The molecule has 1 N–H and O–H groups in total. The largest absolute Gasteiger partial charge is 0.507 e. The molecule has 1 aliphatic rings. The smallest absolute Gasteiger partial charge is 0.295 e. The van der Waals surface area contributed by atoms with Gasteiger partial charge in [-0.1, -0.05) is 31.0 Å². The number of ketones is 1. The van der Waals surface area contributed by atoms with E-state index >= 15 is 0 Å². The number of likely N-dealkylation sites (tertiary alicyclic amines) is 1. The van der Waals surface area contributed by atoms with E-state index in [1.165, 1.54) is 4.90 Å². The SMILES string of the molecule is CCCCN1C(=O)C(=O)/C(=C(\O)c2ccc(Cl)cc2)C1c1ccccn1. The Bertz CT molecular complexity index is 847. The number of pyridine rings is 1. The fourth-order valence-corrected chi connectivity index (χ4v) is 3.17. The zero-order valence-electron chi connectivity index (χ0n) is 14.4. The Kier molecular flexibility index (Phi) is 5.38. The zero-order valence-corrected chi connectivity index (χ0v) is 15.1. The van der Waals surface area contributed by atoms with Crippen molar-refractivity contribution in [1.82, 2.24) is 9.88 Å². The van der Waals surface area contributed by atoms with Gasteiger partial charge in [-0.2, -0.15) is 0 Å². The van der Waals surface area contributed by atoms with Gasteiger partial charge in [0.15, 0.2) is 0 Å². The molecule has 134 valence electrons. The highest BCUT2D eigenvalue weighted by Crippen LogP contribution is 2.38. The third-order valence-corrected chi connectivity index (χ3v) is 4.63. The Hall–Kier alpha value is -2.66. The van der Waals surface area contributed by atoms with Gasteiger partial charge in [0.25, 0.3) is 11.7 Å². The second kappa shape index (κ2) is 7.70. The summed E-state index contributed by atoms with van der Waals surface area (Å²) in [5.41, 5.74) is 1.05. The van der Waals surface area contributed by atoms with E-state index in [0.717, 1.165) is 12.8 Å². The lowest BCUT2D eigenvalue weighted by molar-refractivity contribution is -0.140. The fraction of sp³-hybridized carbons (Fsp3) is 0.250. The van der Waals surface area contributed by atoms with Crippen LogP contribution in [0.3, 0.4) is 0 Å². The van der Waals surface area contributed by atoms with Crippen LogP contribution in [0.25, 0.3) is 5.76 Å². The van der Waals surface area contributed by atoms with E-state index in [4.69, 9.17) is 11.6 Å². The lowest BCUT2D eigenvalue weighted by atomic mass is 9.98. The molecule has 6 heteroatoms. The molecule has 26 heavy (non-hydrogen) atoms. The van der Waals surface area contributed by atoms with Crippen molar-refractivity contribution in [3.05, 3.63) is 70.5 Å². The molecule has 1 saturated heterocycles. The highest BCUT2D eigenvalue weighted by Gasteiger charge is 2.46. The summed E-state index contributed by atoms with van der Waals surface area (Å²) in [5, 5.41) is 11.3. The predicted molar refractivity (Wildman–Crippen MR) is 99.6 cm³/mol. The minimum Gasteiger partial charge on any atom is -0.507 e. The van der Waals surface area contributed by atoms with Crippen molar-refractivity contribution in [1.29, 1.82) is 0 Å². The van der Waals surface area contributed by atoms with E-state index in [-0.39, 0.29) is 11.3 Å². The number of aliphatic hydroxyl groups is 1. The Labute approximate surface area is 156 Å². The maximum Gasteiger partial charge on any atom is 0.295 e. The first-order chi connectivity index (χ1) is 12.5. The van der Waals surface area contributed by atoms with Gasteiger partial charge in [0, 0.05) is 23.3 Å². The quantitative estimate of drug-likeness (QED) is 0.491. The summed E-state index contributed by atoms with van der Waals surface area (Å²) >= 11 is 5.90. The number of aromatic nitrogens is 1. The number of benzene rings is 1. The van der Waals surface area contributed by atoms with E-state index < -0.39 is 17.7 Å². The molecule has 1 unspecified atom stereocenters. The van der Waals surface area contributed by atoms with Crippen molar-refractivity contribution in [3.8, 4) is 0 Å². The van der Waals surface area contributed by atoms with Gasteiger partial charge >= 0.3 is 0 Å². The minimum absolute atomic E-state index is 0.0622. The summed E-state index contributed by atoms with van der Waals surface area (Å²) in [6.07, 6.45) is 3.25. The molecular formula is C20H19ClN2O3. The number of amides is 1. The predicted octanol–water partition coefficient (Wildman–Crippen LogP) is 3.96. The third-order valence-electron chi connectivity index (χ3n) is 4.38. The summed E-state index contributed by atoms with van der Waals surface area (Å²) in [6.45, 7) is 2.44. The van der Waals surface area contributed by atoms with Gasteiger partial charge in [-0.05, 0) is 42.8 Å². The summed E-state index contributed by atoms with van der Waals surface area (Å²) in [4.78, 5) is 31.1. The number of unbranched alkanes of at least 4 members (excludes halogenated alkanes) is 1. The standard InChI is InChI=1S/C20H19ClN2O3/c1-2-3-12-23-17(15-6-4-5-11-22-15)16(19(25)20(23)26)18(24)13-7-9-14(21)10-8-13/h4-11,17,24H,2-3,12H2,1H3/b18-16-. The van der Waals surface area contributed by atoms with Crippen LogP contribution in [0, 0.1) is 0 Å². The van der Waals surface area contributed by atoms with Gasteiger partial charge in [-0.25, -0.2) is 0 Å². The van der Waals surface area contributed by atoms with Crippen molar-refractivity contribution in [2.45, 2.75) is 25.8 Å². The molecule has 1 aliphatic heterocycles. The van der Waals surface area contributed by atoms with Gasteiger partial charge in [0.05, 0.1) is 11.3 Å². The maximum atomic E-state index is 12.7. The topological polar surface area (TPSA) is 70.5 Å². The number of hydrogen-bond donors (Lipinski definition) is 1. The van der Waals surface area contributed by atoms with E-state index in [1.807, 2.05) is 6.92 Å². The fourth-order valence-electron chi connectivity index (χ4n) is 3.05. The number of rotatable bonds is 5. The number of carbonyl (C=O) groups is 2. The van der Waals surface area contributed by atoms with Gasteiger partial charge in [-0.15, -0.1) is 0 Å². The van der Waals surface area contributed by atoms with E-state index in [1.54, 1.807) is 48.7 Å². The van der Waals surface area contributed by atoms with Crippen LogP contribution >= 0.6 is 11.6 Å². The summed E-state index contributed by atoms with van der Waals surface area (Å²) in [6, 6.07) is 11.1. The molecule has 3 rings (SSSR count). The summed E-state index contributed by atoms with van der Waals surface area (Å²) < 4.78 is 0. The van der Waals surface area contributed by atoms with Gasteiger partial charge in [-0.3, -0.25) is 14.6 Å². The Morgan fingerprint density at radius 2 is 1.92 bits per heavy atom. The van der Waals surface area contributed by atoms with Crippen molar-refractivity contribution < 1.29 is 14.7 Å². The summed E-state index contributed by atoms with van der Waals surface area (Å²) in [5.74, 6) is -1.51. The van der Waals surface area contributed by atoms with Crippen LogP contribution in [0.15, 0.2) is 54.2 Å². The first kappa shape index (κ1) is 18.1. The monoisotopic (exact) mass is 370 g/mol. The lowest BCUT2D eigenvalue weighted by Gasteiger charge is -2.24. The number of nitrogens with zero attached hydrogens (tertiary/aromatic N) is 2. The average Bonchev–Trinajstić information content (AvgIpc) is 2.91. The highest BCUT2D eigenvalue weighted by molar-refractivity contribution is 6.46. The molecule has 5 nitrogen and oxygen atoms in total. The second-order valence-corrected chi connectivity index (χ2v) is 6.54. The van der Waals surface area contributed by atoms with Crippen LogP contribution < -0.4 is 0 Å². The van der Waals surface area contributed by atoms with Crippen molar-refractivity contribution in [3.63, 3.8) is 0 Å². The Morgan fingerprint density at radius 3 is 2.54 bits per heavy atom. The molecule has 1 fully saturated rings. The molecule has 2 aromatic rings. The van der Waals surface area contributed by atoms with E-state index in [2.05, 4.69) is 4.98 Å². The van der Waals surface area contributed by atoms with Crippen LogP contribution in [0.5, 0.6) is 0 Å². The number of hydrogen-bond acceptors (Lipinski definition) is 4. The van der Waals surface area contributed by atoms with Gasteiger partial charge < -0.3 is 10.0 Å². The number of halogens is 1. The first-order valence-corrected chi connectivity index (χ1v) is 8.87. The number of aliphatic hydroxyl groups excluding tert-OH is 1. The second-order valence-electron chi connectivity index (χ2n) is 6.11. The van der Waals surface area contributed by atoms with Crippen molar-refractivity contribution in [2.24, 2.45) is 0 Å². The van der Waals surface area contributed by atoms with E-state index in [9.17, 15) is 14.7 Å². The molecule has 0 radical (unpaired) electrons. The first-order valence-electron chi connectivity index (χ1n) is 8.50. The average molecular weight is 371 g/mol. The summed E-state index contributed by atoms with van der Waals surface area (Å²) in [7, 11) is 0. The van der Waals surface area contributed by atoms with Crippen LogP contribution in [0.1, 0.15) is 37.1 Å². The van der Waals surface area contributed by atoms with E-state index in [0.29, 0.717) is 22.8 Å². The molecule has 0 bridgehead atoms. The molecule has 1 aromatic carbocycles. The van der Waals surface area contributed by atoms with Crippen molar-refractivity contribution in [2.75, 3.05) is 6.54 Å². The molecule has 0 saturated carbocycles. The van der Waals surface area contributed by atoms with Crippen LogP contribution in [-0.2, 0) is 9.59 Å². The minimum atomic E-state index is -0.696. The van der Waals surface area contributed by atoms with Crippen molar-refractivity contribution >= 4 is 29.1 Å². The van der Waals surface area contributed by atoms with Crippen LogP contribution in [0.4, 0.5) is 0 Å². The molecule has 1 amide bonds. The third kappa shape index (κ3) is 3.35. The Balaban J connectivity index is 2.14.